The molecule has 160 valence electrons. The van der Waals surface area contributed by atoms with Crippen molar-refractivity contribution in [2.45, 2.75) is 25.8 Å². The van der Waals surface area contributed by atoms with Gasteiger partial charge in [-0.25, -0.2) is 0 Å². The van der Waals surface area contributed by atoms with Gasteiger partial charge in [-0.05, 0) is 47.5 Å². The van der Waals surface area contributed by atoms with Crippen LogP contribution >= 0.6 is 12.2 Å². The number of ether oxygens (including phenoxy) is 1. The Morgan fingerprint density at radius 2 is 1.45 bits per heavy atom. The van der Waals surface area contributed by atoms with E-state index in [1.807, 2.05) is 78.9 Å². The number of hydrogen-bond donors (Lipinski definition) is 3. The third-order valence-electron chi connectivity index (χ3n) is 4.87. The summed E-state index contributed by atoms with van der Waals surface area (Å²) >= 11 is 5.51. The molecular formula is C25H27N3O2S. The largest absolute Gasteiger partial charge is 0.495 e. The molecule has 1 atom stereocenters. The molecule has 31 heavy (non-hydrogen) atoms. The van der Waals surface area contributed by atoms with Crippen molar-refractivity contribution in [3.63, 3.8) is 0 Å². The number of rotatable bonds is 7. The zero-order valence-electron chi connectivity index (χ0n) is 17.9. The summed E-state index contributed by atoms with van der Waals surface area (Å²) in [6, 6.07) is 24.2. The average Bonchev–Trinajstić information content (AvgIpc) is 2.78. The van der Waals surface area contributed by atoms with Gasteiger partial charge >= 0.3 is 0 Å². The fraction of sp³-hybridized carbons (Fsp3) is 0.200. The number of carbonyl (C=O) groups excluding carboxylic acids is 1. The summed E-state index contributed by atoms with van der Waals surface area (Å²) in [5, 5.41) is 9.67. The molecule has 0 aliphatic carbocycles. The number of anilines is 2. The summed E-state index contributed by atoms with van der Waals surface area (Å²) in [5.41, 5.74) is 3.41. The van der Waals surface area contributed by atoms with E-state index < -0.39 is 6.04 Å². The smallest absolute Gasteiger partial charge is 0.251 e. The summed E-state index contributed by atoms with van der Waals surface area (Å²) in [7, 11) is 1.60. The van der Waals surface area contributed by atoms with Gasteiger partial charge in [-0.15, -0.1) is 0 Å². The molecule has 0 fully saturated rings. The lowest BCUT2D eigenvalue weighted by Crippen LogP contribution is -2.39. The molecule has 3 aromatic carbocycles. The van der Waals surface area contributed by atoms with E-state index in [0.29, 0.717) is 10.9 Å². The van der Waals surface area contributed by atoms with Crippen LogP contribution in [0.1, 0.15) is 36.9 Å². The third-order valence-corrected chi connectivity index (χ3v) is 5.09. The normalized spacial score (nSPS) is 11.5. The molecule has 0 spiro atoms. The van der Waals surface area contributed by atoms with Gasteiger partial charge in [0.25, 0.3) is 5.91 Å². The zero-order valence-corrected chi connectivity index (χ0v) is 18.7. The number of carbonyl (C=O) groups is 1. The van der Waals surface area contributed by atoms with Crippen molar-refractivity contribution in [3.05, 3.63) is 90.0 Å². The van der Waals surface area contributed by atoms with Crippen molar-refractivity contribution < 1.29 is 9.53 Å². The second-order valence-corrected chi connectivity index (χ2v) is 7.78. The maximum absolute atomic E-state index is 13.3. The lowest BCUT2D eigenvalue weighted by molar-refractivity contribution is -0.117. The minimum atomic E-state index is -0.670. The molecule has 1 amide bonds. The number of thiocarbonyl (C=S) groups is 1. The van der Waals surface area contributed by atoms with Crippen LogP contribution in [-0.4, -0.2) is 18.1 Å². The highest BCUT2D eigenvalue weighted by atomic mass is 32.1. The van der Waals surface area contributed by atoms with Crippen LogP contribution < -0.4 is 20.7 Å². The van der Waals surface area contributed by atoms with E-state index in [4.69, 9.17) is 17.0 Å². The van der Waals surface area contributed by atoms with E-state index >= 15 is 0 Å². The van der Waals surface area contributed by atoms with E-state index in [-0.39, 0.29) is 11.8 Å². The summed E-state index contributed by atoms with van der Waals surface area (Å²) in [5.74, 6) is 0.759. The molecular weight excluding hydrogens is 406 g/mol. The Hall–Kier alpha value is -3.38. The fourth-order valence-corrected chi connectivity index (χ4v) is 3.53. The van der Waals surface area contributed by atoms with Crippen LogP contribution in [-0.2, 0) is 4.79 Å². The maximum atomic E-state index is 13.3. The quantitative estimate of drug-likeness (QED) is 0.430. The van der Waals surface area contributed by atoms with Gasteiger partial charge in [-0.2, -0.15) is 0 Å². The third kappa shape index (κ3) is 5.83. The lowest BCUT2D eigenvalue weighted by atomic mass is 10.0. The molecule has 0 aliphatic heterocycles. The average molecular weight is 434 g/mol. The molecule has 3 N–H and O–H groups in total. The minimum absolute atomic E-state index is 0.191. The van der Waals surface area contributed by atoms with Gasteiger partial charge in [-0.3, -0.25) is 4.79 Å². The topological polar surface area (TPSA) is 62.4 Å². The number of amides is 1. The summed E-state index contributed by atoms with van der Waals surface area (Å²) < 4.78 is 5.37. The highest BCUT2D eigenvalue weighted by Gasteiger charge is 2.23. The molecule has 0 heterocycles. The van der Waals surface area contributed by atoms with Crippen LogP contribution in [0.25, 0.3) is 0 Å². The Morgan fingerprint density at radius 1 is 0.839 bits per heavy atom. The standard InChI is InChI=1S/C25H27N3O2S/c1-17(2)19-13-7-8-14-20(19)26-24(29)23(18-11-5-4-6-12-18)28-25(31)27-21-15-9-10-16-22(21)30-3/h4-17,23H,1-3H3,(H,26,29)(H2,27,28,31). The summed E-state index contributed by atoms with van der Waals surface area (Å²) in [4.78, 5) is 13.3. The number of benzene rings is 3. The predicted octanol–water partition coefficient (Wildman–Crippen LogP) is 5.49. The predicted molar refractivity (Wildman–Crippen MR) is 131 cm³/mol. The maximum Gasteiger partial charge on any atom is 0.251 e. The molecule has 6 heteroatoms. The first-order valence-corrected chi connectivity index (χ1v) is 10.6. The van der Waals surface area contributed by atoms with Gasteiger partial charge in [0, 0.05) is 5.69 Å². The summed E-state index contributed by atoms with van der Waals surface area (Å²) in [6.45, 7) is 4.20. The molecule has 3 rings (SSSR count). The Morgan fingerprint density at radius 3 is 2.13 bits per heavy atom. The van der Waals surface area contributed by atoms with Crippen molar-refractivity contribution >= 4 is 34.6 Å². The number of nitrogens with one attached hydrogen (secondary N) is 3. The van der Waals surface area contributed by atoms with Crippen molar-refractivity contribution in [3.8, 4) is 5.75 Å². The van der Waals surface area contributed by atoms with Gasteiger partial charge in [-0.1, -0.05) is 74.5 Å². The van der Waals surface area contributed by atoms with Crippen molar-refractivity contribution in [2.75, 3.05) is 17.7 Å². The van der Waals surface area contributed by atoms with Gasteiger partial charge in [0.15, 0.2) is 5.11 Å². The number of para-hydroxylation sites is 3. The SMILES string of the molecule is COc1ccccc1NC(=S)NC(C(=O)Nc1ccccc1C(C)C)c1ccccc1. The van der Waals surface area contributed by atoms with Gasteiger partial charge < -0.3 is 20.7 Å². The monoisotopic (exact) mass is 433 g/mol. The molecule has 0 bridgehead atoms. The molecule has 1 unspecified atom stereocenters. The Kier molecular flexibility index (Phi) is 7.62. The molecule has 0 saturated carbocycles. The highest BCUT2D eigenvalue weighted by molar-refractivity contribution is 7.80. The molecule has 0 aliphatic rings. The van der Waals surface area contributed by atoms with Crippen LogP contribution in [0.15, 0.2) is 78.9 Å². The molecule has 3 aromatic rings. The van der Waals surface area contributed by atoms with Crippen molar-refractivity contribution in [1.82, 2.24) is 5.32 Å². The van der Waals surface area contributed by atoms with E-state index in [1.165, 1.54) is 0 Å². The molecule has 0 aromatic heterocycles. The van der Waals surface area contributed by atoms with Crippen LogP contribution in [0.5, 0.6) is 5.75 Å². The fourth-order valence-electron chi connectivity index (χ4n) is 3.30. The number of hydrogen-bond acceptors (Lipinski definition) is 3. The van der Waals surface area contributed by atoms with Crippen molar-refractivity contribution in [2.24, 2.45) is 0 Å². The summed E-state index contributed by atoms with van der Waals surface area (Å²) in [6.07, 6.45) is 0. The van der Waals surface area contributed by atoms with Gasteiger partial charge in [0.2, 0.25) is 0 Å². The number of methoxy groups -OCH3 is 1. The first-order chi connectivity index (χ1) is 15.0. The van der Waals surface area contributed by atoms with Crippen molar-refractivity contribution in [1.29, 1.82) is 0 Å². The second-order valence-electron chi connectivity index (χ2n) is 7.37. The lowest BCUT2D eigenvalue weighted by Gasteiger charge is -2.22. The van der Waals surface area contributed by atoms with E-state index in [9.17, 15) is 4.79 Å². The van der Waals surface area contributed by atoms with Gasteiger partial charge in [0.05, 0.1) is 12.8 Å². The van der Waals surface area contributed by atoms with Crippen LogP contribution in [0, 0.1) is 0 Å². The van der Waals surface area contributed by atoms with Crippen LogP contribution in [0.2, 0.25) is 0 Å². The van der Waals surface area contributed by atoms with E-state index in [2.05, 4.69) is 29.8 Å². The minimum Gasteiger partial charge on any atom is -0.495 e. The van der Waals surface area contributed by atoms with Crippen LogP contribution in [0.3, 0.4) is 0 Å². The zero-order chi connectivity index (χ0) is 22.2. The highest BCUT2D eigenvalue weighted by Crippen LogP contribution is 2.26. The Labute approximate surface area is 188 Å². The Balaban J connectivity index is 1.82. The first-order valence-electron chi connectivity index (χ1n) is 10.1. The van der Waals surface area contributed by atoms with E-state index in [1.54, 1.807) is 7.11 Å². The molecule has 0 saturated heterocycles. The molecule has 5 nitrogen and oxygen atoms in total. The Bertz CT molecular complexity index is 1040. The second kappa shape index (κ2) is 10.6. The van der Waals surface area contributed by atoms with E-state index in [0.717, 1.165) is 22.5 Å². The molecule has 0 radical (unpaired) electrons. The van der Waals surface area contributed by atoms with Crippen LogP contribution in [0.4, 0.5) is 11.4 Å². The van der Waals surface area contributed by atoms with Gasteiger partial charge in [0.1, 0.15) is 11.8 Å². The first kappa shape index (κ1) is 22.3.